The van der Waals surface area contributed by atoms with Crippen molar-refractivity contribution in [2.45, 2.75) is 56.1 Å². The van der Waals surface area contributed by atoms with Gasteiger partial charge in [-0.1, -0.05) is 13.3 Å². The maximum absolute atomic E-state index is 11.7. The van der Waals surface area contributed by atoms with Gasteiger partial charge in [0.05, 0.1) is 11.8 Å². The summed E-state index contributed by atoms with van der Waals surface area (Å²) in [7, 11) is -2.94. The minimum Gasteiger partial charge on any atom is -0.396 e. The van der Waals surface area contributed by atoms with E-state index in [1.807, 2.05) is 6.92 Å². The lowest BCUT2D eigenvalue weighted by Crippen LogP contribution is -2.36. The second-order valence-corrected chi connectivity index (χ2v) is 8.25. The third kappa shape index (κ3) is 5.87. The predicted octanol–water partition coefficient (Wildman–Crippen LogP) is 2.77. The minimum absolute atomic E-state index is 0.0156. The number of carbonyl (C=O) groups is 1. The summed E-state index contributed by atoms with van der Waals surface area (Å²) >= 11 is 6.00. The Bertz CT molecular complexity index is 305. The highest BCUT2D eigenvalue weighted by atomic mass is 35.5. The molecule has 1 aliphatic carbocycles. The first-order valence-corrected chi connectivity index (χ1v) is 9.22. The van der Waals surface area contributed by atoms with E-state index in [1.165, 1.54) is 0 Å². The third-order valence-electron chi connectivity index (χ3n) is 3.90. The molecule has 0 aliphatic heterocycles. The molecule has 0 bridgehead atoms. The van der Waals surface area contributed by atoms with E-state index in [1.54, 1.807) is 0 Å². The Kier molecular flexibility index (Phi) is 7.79. The van der Waals surface area contributed by atoms with E-state index in [4.69, 9.17) is 16.7 Å². The van der Waals surface area contributed by atoms with Gasteiger partial charge < -0.3 is 5.11 Å². The molecule has 0 saturated heterocycles. The smallest absolute Gasteiger partial charge is 0.148 e. The maximum Gasteiger partial charge on any atom is 0.148 e. The van der Waals surface area contributed by atoms with Crippen LogP contribution in [0.3, 0.4) is 0 Å². The number of ketones is 1. The van der Waals surface area contributed by atoms with Crippen molar-refractivity contribution >= 4 is 28.2 Å². The van der Waals surface area contributed by atoms with Crippen LogP contribution in [0.5, 0.6) is 0 Å². The minimum atomic E-state index is -2.94. The normalized spacial score (nSPS) is 26.2. The first-order chi connectivity index (χ1) is 9.39. The highest BCUT2D eigenvalue weighted by molar-refractivity contribution is 8.23. The molecule has 1 saturated carbocycles. The van der Waals surface area contributed by atoms with Gasteiger partial charge in [0, 0.05) is 18.4 Å². The molecule has 0 heterocycles. The molecule has 1 unspecified atom stereocenters. The number of hydrogen-bond donors (Lipinski definition) is 4. The van der Waals surface area contributed by atoms with Crippen LogP contribution in [-0.2, 0) is 4.79 Å². The molecule has 120 valence electrons. The summed E-state index contributed by atoms with van der Waals surface area (Å²) in [4.78, 5) is 11.7. The molecule has 4 N–H and O–H groups in total. The second-order valence-electron chi connectivity index (χ2n) is 5.49. The number of halogens is 1. The van der Waals surface area contributed by atoms with Crippen LogP contribution < -0.4 is 4.72 Å². The molecule has 1 rings (SSSR count). The van der Waals surface area contributed by atoms with Gasteiger partial charge >= 0.3 is 0 Å². The van der Waals surface area contributed by atoms with Crippen molar-refractivity contribution in [2.75, 3.05) is 13.2 Å². The number of aliphatic hydroxyl groups is 1. The van der Waals surface area contributed by atoms with Crippen LogP contribution in [0.15, 0.2) is 0 Å². The van der Waals surface area contributed by atoms with E-state index in [0.29, 0.717) is 12.8 Å². The lowest BCUT2D eigenvalue weighted by Gasteiger charge is -2.43. The summed E-state index contributed by atoms with van der Waals surface area (Å²) < 4.78 is 22.8. The van der Waals surface area contributed by atoms with E-state index in [2.05, 4.69) is 4.72 Å². The van der Waals surface area contributed by atoms with Crippen molar-refractivity contribution in [3.8, 4) is 0 Å². The van der Waals surface area contributed by atoms with Crippen molar-refractivity contribution in [1.82, 2.24) is 4.72 Å². The summed E-state index contributed by atoms with van der Waals surface area (Å²) in [5.74, 6) is -0.144. The van der Waals surface area contributed by atoms with Crippen LogP contribution >= 0.6 is 22.4 Å². The van der Waals surface area contributed by atoms with E-state index < -0.39 is 10.8 Å². The lowest BCUT2D eigenvalue weighted by molar-refractivity contribution is -0.119. The zero-order valence-electron chi connectivity index (χ0n) is 11.9. The summed E-state index contributed by atoms with van der Waals surface area (Å²) in [5, 5.41) is 8.96. The second kappa shape index (κ2) is 8.56. The van der Waals surface area contributed by atoms with Gasteiger partial charge in [-0.3, -0.25) is 13.9 Å². The van der Waals surface area contributed by atoms with Crippen LogP contribution in [-0.4, -0.2) is 43.8 Å². The molecule has 0 aromatic rings. The van der Waals surface area contributed by atoms with E-state index in [0.717, 1.165) is 19.3 Å². The third-order valence-corrected chi connectivity index (χ3v) is 6.31. The molecular formula is C13H26ClNO4S. The first kappa shape index (κ1) is 18.2. The average molecular weight is 328 g/mol. The fourth-order valence-electron chi connectivity index (χ4n) is 2.39. The van der Waals surface area contributed by atoms with Gasteiger partial charge in [0.1, 0.15) is 5.78 Å². The lowest BCUT2D eigenvalue weighted by atomic mass is 10.00. The Balaban J connectivity index is 2.36. The van der Waals surface area contributed by atoms with E-state index in [9.17, 15) is 13.9 Å². The Morgan fingerprint density at radius 3 is 2.45 bits per heavy atom. The zero-order valence-corrected chi connectivity index (χ0v) is 13.5. The summed E-state index contributed by atoms with van der Waals surface area (Å²) in [6.45, 7) is 1.84. The molecule has 5 nitrogen and oxygen atoms in total. The quantitative estimate of drug-likeness (QED) is 0.515. The number of aliphatic hydroxyl groups excluding tert-OH is 1. The molecule has 0 aromatic heterocycles. The van der Waals surface area contributed by atoms with Crippen LogP contribution in [0.1, 0.15) is 45.4 Å². The molecule has 0 radical (unpaired) electrons. The number of Topliss-reactive ketones (excluding diaryl/α,β-unsaturated/α-hetero) is 1. The molecule has 1 aliphatic rings. The topological polar surface area (TPSA) is 89.8 Å². The Morgan fingerprint density at radius 2 is 1.95 bits per heavy atom. The average Bonchev–Trinajstić information content (AvgIpc) is 2.43. The highest BCUT2D eigenvalue weighted by Crippen LogP contribution is 2.47. The number of rotatable bonds is 8. The Hall–Kier alpha value is 0.150. The van der Waals surface area contributed by atoms with E-state index in [-0.39, 0.29) is 41.9 Å². The Labute approximate surface area is 127 Å². The number of carbonyl (C=O) groups excluding carboxylic acids is 1. The molecule has 0 aromatic carbocycles. The van der Waals surface area contributed by atoms with Crippen molar-refractivity contribution in [1.29, 1.82) is 0 Å². The molecule has 1 atom stereocenters. The van der Waals surface area contributed by atoms with Crippen molar-refractivity contribution in [2.24, 2.45) is 5.92 Å². The summed E-state index contributed by atoms with van der Waals surface area (Å²) in [6.07, 6.45) is 3.90. The van der Waals surface area contributed by atoms with Crippen molar-refractivity contribution in [3.05, 3.63) is 0 Å². The Morgan fingerprint density at radius 1 is 1.35 bits per heavy atom. The van der Waals surface area contributed by atoms with Crippen LogP contribution in [0, 0.1) is 5.92 Å². The van der Waals surface area contributed by atoms with Gasteiger partial charge in [-0.25, -0.2) is 4.72 Å². The van der Waals surface area contributed by atoms with Gasteiger partial charge in [0.15, 0.2) is 0 Å². The molecular weight excluding hydrogens is 302 g/mol. The fourth-order valence-corrected chi connectivity index (χ4v) is 4.18. The molecule has 7 heteroatoms. The SMILES string of the molecule is CCC(CO)CC(=O)CNS(O)(O)C1CCC(Cl)CC1. The van der Waals surface area contributed by atoms with Crippen molar-refractivity contribution < 1.29 is 19.0 Å². The van der Waals surface area contributed by atoms with Gasteiger partial charge in [-0.05, 0) is 31.6 Å². The molecule has 20 heavy (non-hydrogen) atoms. The number of alkyl halides is 1. The van der Waals surface area contributed by atoms with Crippen LogP contribution in [0.25, 0.3) is 0 Å². The molecule has 0 spiro atoms. The highest BCUT2D eigenvalue weighted by Gasteiger charge is 2.30. The molecule has 1 fully saturated rings. The first-order valence-electron chi connectivity index (χ1n) is 7.17. The predicted molar refractivity (Wildman–Crippen MR) is 83.2 cm³/mol. The largest absolute Gasteiger partial charge is 0.396 e. The van der Waals surface area contributed by atoms with Crippen LogP contribution in [0.4, 0.5) is 0 Å². The zero-order chi connectivity index (χ0) is 15.2. The fraction of sp³-hybridized carbons (Fsp3) is 0.923. The number of nitrogens with one attached hydrogen (secondary N) is 1. The maximum atomic E-state index is 11.7. The monoisotopic (exact) mass is 327 g/mol. The van der Waals surface area contributed by atoms with E-state index >= 15 is 0 Å². The van der Waals surface area contributed by atoms with Crippen molar-refractivity contribution in [3.63, 3.8) is 0 Å². The van der Waals surface area contributed by atoms with Gasteiger partial charge in [-0.2, -0.15) is 0 Å². The van der Waals surface area contributed by atoms with Gasteiger partial charge in [0.2, 0.25) is 0 Å². The molecule has 0 amide bonds. The summed E-state index contributed by atoms with van der Waals surface area (Å²) in [6, 6.07) is 0. The summed E-state index contributed by atoms with van der Waals surface area (Å²) in [5.41, 5.74) is 0. The van der Waals surface area contributed by atoms with Gasteiger partial charge in [-0.15, -0.1) is 22.4 Å². The standard InChI is InChI=1S/C13H26ClNO4S/c1-2-10(9-16)7-12(17)8-15-20(18,19)13-5-3-11(14)4-6-13/h10-11,13,15-16,18-19H,2-9H2,1H3. The van der Waals surface area contributed by atoms with Gasteiger partial charge in [0.25, 0.3) is 0 Å². The van der Waals surface area contributed by atoms with Crippen LogP contribution in [0.2, 0.25) is 0 Å². The number of hydrogen-bond acceptors (Lipinski definition) is 5.